The summed E-state index contributed by atoms with van der Waals surface area (Å²) in [5, 5.41) is 25.6. The van der Waals surface area contributed by atoms with E-state index in [1.54, 1.807) is 37.5 Å². The summed E-state index contributed by atoms with van der Waals surface area (Å²) in [5.74, 6) is 1.51. The van der Waals surface area contributed by atoms with E-state index in [9.17, 15) is 10.4 Å². The number of hydrogen-bond donors (Lipinski definition) is 2. The molecule has 0 bridgehead atoms. The highest BCUT2D eigenvalue weighted by Crippen LogP contribution is 2.19. The molecule has 0 fully saturated rings. The molecule has 0 heterocycles. The van der Waals surface area contributed by atoms with Gasteiger partial charge in [-0.25, -0.2) is 0 Å². The molecule has 6 heteroatoms. The van der Waals surface area contributed by atoms with Gasteiger partial charge in [0.1, 0.15) is 34.6 Å². The Hall–Kier alpha value is -3.00. The highest BCUT2D eigenvalue weighted by molar-refractivity contribution is 5.41. The lowest BCUT2D eigenvalue weighted by Gasteiger charge is -2.30. The van der Waals surface area contributed by atoms with Gasteiger partial charge < -0.3 is 30.0 Å². The van der Waals surface area contributed by atoms with Crippen molar-refractivity contribution in [3.05, 3.63) is 112 Å². The van der Waals surface area contributed by atoms with E-state index in [1.165, 1.54) is 5.56 Å². The lowest BCUT2D eigenvalue weighted by molar-refractivity contribution is -0.798. The SMILES string of the molecule is COC1C=CC([NH+]([O-])c2ccc([NH+]([O-])C3C=CC(Oc4ccc(C)cc4)=CC3)cc2)=CC1. The number of ether oxygens (including phenoxy) is 2. The normalized spacial score (nSPS) is 22.1. The molecule has 0 amide bonds. The number of rotatable bonds is 7. The largest absolute Gasteiger partial charge is 0.628 e. The fraction of sp³-hybridized carbons (Fsp3) is 0.231. The molecule has 2 aromatic carbocycles. The molecule has 2 aliphatic carbocycles. The molecule has 0 saturated heterocycles. The van der Waals surface area contributed by atoms with E-state index in [2.05, 4.69) is 0 Å². The Morgan fingerprint density at radius 1 is 0.844 bits per heavy atom. The summed E-state index contributed by atoms with van der Waals surface area (Å²) in [6.45, 7) is 2.03. The predicted octanol–water partition coefficient (Wildman–Crippen LogP) is 3.17. The van der Waals surface area contributed by atoms with E-state index in [1.807, 2.05) is 61.6 Å². The molecule has 4 unspecified atom stereocenters. The zero-order chi connectivity index (χ0) is 22.5. The van der Waals surface area contributed by atoms with Gasteiger partial charge in [-0.3, -0.25) is 0 Å². The Morgan fingerprint density at radius 3 is 2.16 bits per heavy atom. The number of nitrogens with one attached hydrogen (secondary N) is 2. The monoisotopic (exact) mass is 432 g/mol. The van der Waals surface area contributed by atoms with E-state index in [4.69, 9.17) is 9.47 Å². The van der Waals surface area contributed by atoms with Crippen LogP contribution in [0.2, 0.25) is 0 Å². The summed E-state index contributed by atoms with van der Waals surface area (Å²) in [6.07, 6.45) is 12.5. The summed E-state index contributed by atoms with van der Waals surface area (Å²) in [7, 11) is 1.65. The van der Waals surface area contributed by atoms with Crippen molar-refractivity contribution < 1.29 is 19.6 Å². The van der Waals surface area contributed by atoms with Crippen LogP contribution in [0.15, 0.2) is 96.4 Å². The first-order chi connectivity index (χ1) is 15.5. The molecule has 2 aromatic rings. The molecule has 0 aromatic heterocycles. The van der Waals surface area contributed by atoms with Gasteiger partial charge in [-0.2, -0.15) is 0 Å². The van der Waals surface area contributed by atoms with Crippen LogP contribution >= 0.6 is 0 Å². The maximum absolute atomic E-state index is 12.9. The number of methoxy groups -OCH3 is 1. The van der Waals surface area contributed by atoms with Crippen LogP contribution in [0.1, 0.15) is 18.4 Å². The van der Waals surface area contributed by atoms with Gasteiger partial charge in [-0.1, -0.05) is 17.7 Å². The first-order valence-electron chi connectivity index (χ1n) is 10.8. The fourth-order valence-electron chi connectivity index (χ4n) is 3.72. The zero-order valence-corrected chi connectivity index (χ0v) is 18.3. The number of hydrogen-bond acceptors (Lipinski definition) is 4. The van der Waals surface area contributed by atoms with E-state index in [0.717, 1.165) is 11.5 Å². The van der Waals surface area contributed by atoms with Crippen molar-refractivity contribution in [2.24, 2.45) is 0 Å². The second-order valence-electron chi connectivity index (χ2n) is 8.02. The highest BCUT2D eigenvalue weighted by Gasteiger charge is 2.19. The van der Waals surface area contributed by atoms with E-state index in [0.29, 0.717) is 29.9 Å². The Labute approximate surface area is 188 Å². The Kier molecular flexibility index (Phi) is 6.99. The molecule has 4 atom stereocenters. The van der Waals surface area contributed by atoms with Crippen molar-refractivity contribution in [3.8, 4) is 5.75 Å². The van der Waals surface area contributed by atoms with Crippen LogP contribution in [0.3, 0.4) is 0 Å². The van der Waals surface area contributed by atoms with Crippen LogP contribution < -0.4 is 14.9 Å². The maximum atomic E-state index is 12.9. The van der Waals surface area contributed by atoms with Crippen LogP contribution in [0.5, 0.6) is 5.75 Å². The molecule has 2 N–H and O–H groups in total. The predicted molar refractivity (Wildman–Crippen MR) is 124 cm³/mol. The Morgan fingerprint density at radius 2 is 1.56 bits per heavy atom. The van der Waals surface area contributed by atoms with Gasteiger partial charge in [0.15, 0.2) is 0 Å². The van der Waals surface area contributed by atoms with Crippen molar-refractivity contribution in [2.45, 2.75) is 31.9 Å². The Balaban J connectivity index is 1.35. The molecule has 6 nitrogen and oxygen atoms in total. The van der Waals surface area contributed by atoms with Gasteiger partial charge >= 0.3 is 0 Å². The van der Waals surface area contributed by atoms with Gasteiger partial charge in [0.2, 0.25) is 0 Å². The van der Waals surface area contributed by atoms with Gasteiger partial charge in [-0.15, -0.1) is 0 Å². The number of quaternary nitrogens is 2. The highest BCUT2D eigenvalue weighted by atomic mass is 16.5. The van der Waals surface area contributed by atoms with Gasteiger partial charge in [0, 0.05) is 44.2 Å². The smallest absolute Gasteiger partial charge is 0.136 e. The molecule has 0 spiro atoms. The first-order valence-corrected chi connectivity index (χ1v) is 10.8. The van der Waals surface area contributed by atoms with Crippen molar-refractivity contribution >= 4 is 11.4 Å². The zero-order valence-electron chi connectivity index (χ0n) is 18.3. The van der Waals surface area contributed by atoms with Crippen molar-refractivity contribution in [3.63, 3.8) is 0 Å². The van der Waals surface area contributed by atoms with E-state index >= 15 is 0 Å². The standard InChI is InChI=1S/C26H28N2O4/c1-19-3-13-25(14-4-19)32-26-17-11-23(12-18-26)28(30)21-7-5-20(6-8-21)27(29)22-9-15-24(31-2)16-10-22/h3-11,13-15,17-18,23-24,27-28H,12,16H2,1-2H3. The molecule has 32 heavy (non-hydrogen) atoms. The summed E-state index contributed by atoms with van der Waals surface area (Å²) in [6, 6.07) is 14.5. The molecule has 0 aliphatic heterocycles. The average Bonchev–Trinajstić information content (AvgIpc) is 2.85. The third-order valence-electron chi connectivity index (χ3n) is 5.72. The number of benzene rings is 2. The van der Waals surface area contributed by atoms with Gasteiger partial charge in [0.25, 0.3) is 0 Å². The third-order valence-corrected chi connectivity index (χ3v) is 5.72. The van der Waals surface area contributed by atoms with Crippen molar-refractivity contribution in [1.82, 2.24) is 0 Å². The second kappa shape index (κ2) is 10.1. The summed E-state index contributed by atoms with van der Waals surface area (Å²) < 4.78 is 11.1. The van der Waals surface area contributed by atoms with Crippen LogP contribution in [-0.4, -0.2) is 19.3 Å². The number of allylic oxidation sites excluding steroid dienone is 2. The minimum Gasteiger partial charge on any atom is -0.628 e. The molecule has 4 rings (SSSR count). The van der Waals surface area contributed by atoms with E-state index < -0.39 is 0 Å². The van der Waals surface area contributed by atoms with E-state index in [-0.39, 0.29) is 22.3 Å². The average molecular weight is 433 g/mol. The van der Waals surface area contributed by atoms with Crippen molar-refractivity contribution in [2.75, 3.05) is 7.11 Å². The third kappa shape index (κ3) is 5.24. The molecule has 166 valence electrons. The van der Waals surface area contributed by atoms with Crippen LogP contribution in [0, 0.1) is 17.3 Å². The van der Waals surface area contributed by atoms with Gasteiger partial charge in [-0.05, 0) is 55.5 Å². The Bertz CT molecular complexity index is 1040. The number of aryl methyl sites for hydroxylation is 1. The molecular weight excluding hydrogens is 404 g/mol. The number of hydroxylamine groups is 2. The molecule has 2 aliphatic rings. The lowest BCUT2D eigenvalue weighted by Crippen LogP contribution is -3.06. The quantitative estimate of drug-likeness (QED) is 0.659. The molecule has 0 radical (unpaired) electrons. The maximum Gasteiger partial charge on any atom is 0.136 e. The lowest BCUT2D eigenvalue weighted by atomic mass is 10.1. The molecule has 0 saturated carbocycles. The minimum absolute atomic E-state index is 0.0203. The minimum atomic E-state index is -0.239. The van der Waals surface area contributed by atoms with Crippen LogP contribution in [0.25, 0.3) is 0 Å². The topological polar surface area (TPSA) is 73.5 Å². The first kappa shape index (κ1) is 22.2. The second-order valence-corrected chi connectivity index (χ2v) is 8.02. The summed E-state index contributed by atoms with van der Waals surface area (Å²) >= 11 is 0. The summed E-state index contributed by atoms with van der Waals surface area (Å²) in [5.41, 5.74) is 3.00. The van der Waals surface area contributed by atoms with Crippen LogP contribution in [0.4, 0.5) is 11.4 Å². The fourth-order valence-corrected chi connectivity index (χ4v) is 3.72. The van der Waals surface area contributed by atoms with Crippen LogP contribution in [-0.2, 0) is 4.74 Å². The summed E-state index contributed by atoms with van der Waals surface area (Å²) in [4.78, 5) is 0. The van der Waals surface area contributed by atoms with Crippen molar-refractivity contribution in [1.29, 1.82) is 0 Å². The molecular formula is C26H28N2O4. The van der Waals surface area contributed by atoms with Gasteiger partial charge in [0.05, 0.1) is 6.10 Å².